The van der Waals surface area contributed by atoms with E-state index in [-0.39, 0.29) is 16.5 Å². The minimum atomic E-state index is -0.365. The maximum atomic E-state index is 11.4. The van der Waals surface area contributed by atoms with Crippen molar-refractivity contribution in [1.82, 2.24) is 0 Å². The van der Waals surface area contributed by atoms with Gasteiger partial charge in [0.1, 0.15) is 5.69 Å². The Morgan fingerprint density at radius 3 is 2.85 bits per heavy atom. The molecule has 1 amide bonds. The fourth-order valence-electron chi connectivity index (χ4n) is 2.53. The summed E-state index contributed by atoms with van der Waals surface area (Å²) in [6.07, 6.45) is 4.53. The number of anilines is 2. The highest BCUT2D eigenvalue weighted by atomic mass is 16.6. The van der Waals surface area contributed by atoms with Crippen molar-refractivity contribution in [2.75, 3.05) is 17.2 Å². The number of aryl methyl sites for hydroxylation is 1. The molecular formula is C14H17N3O3. The van der Waals surface area contributed by atoms with Crippen molar-refractivity contribution in [1.29, 1.82) is 0 Å². The Hall–Kier alpha value is -2.11. The lowest BCUT2D eigenvalue weighted by molar-refractivity contribution is -0.384. The molecule has 2 aliphatic rings. The molecule has 1 heterocycles. The smallest absolute Gasteiger partial charge is 0.292 e. The number of nitro groups is 1. The zero-order valence-corrected chi connectivity index (χ0v) is 11.1. The van der Waals surface area contributed by atoms with E-state index in [9.17, 15) is 14.9 Å². The molecule has 1 aliphatic heterocycles. The first-order valence-electron chi connectivity index (χ1n) is 6.98. The molecule has 1 saturated carbocycles. The maximum absolute atomic E-state index is 11.4. The highest BCUT2D eigenvalue weighted by Gasteiger charge is 2.24. The van der Waals surface area contributed by atoms with E-state index in [1.807, 2.05) is 0 Å². The second kappa shape index (κ2) is 5.11. The number of carbonyl (C=O) groups is 1. The van der Waals surface area contributed by atoms with E-state index in [0.717, 1.165) is 24.4 Å². The Labute approximate surface area is 116 Å². The zero-order valence-electron chi connectivity index (χ0n) is 11.1. The van der Waals surface area contributed by atoms with Crippen LogP contribution in [0.25, 0.3) is 0 Å². The summed E-state index contributed by atoms with van der Waals surface area (Å²) in [5.41, 5.74) is 2.12. The molecule has 0 saturated heterocycles. The van der Waals surface area contributed by atoms with Crippen molar-refractivity contribution in [3.63, 3.8) is 0 Å². The molecule has 6 heteroatoms. The molecule has 0 spiro atoms. The summed E-state index contributed by atoms with van der Waals surface area (Å²) in [5, 5.41) is 17.1. The highest BCUT2D eigenvalue weighted by molar-refractivity contribution is 5.95. The maximum Gasteiger partial charge on any atom is 0.292 e. The number of benzene rings is 1. The molecule has 0 radical (unpaired) electrons. The molecule has 0 bridgehead atoms. The molecule has 2 N–H and O–H groups in total. The average Bonchev–Trinajstić information content (AvgIpc) is 3.21. The monoisotopic (exact) mass is 275 g/mol. The molecule has 106 valence electrons. The fraction of sp³-hybridized carbons (Fsp3) is 0.500. The van der Waals surface area contributed by atoms with Crippen LogP contribution in [0.1, 0.15) is 31.2 Å². The van der Waals surface area contributed by atoms with Gasteiger partial charge in [-0.15, -0.1) is 0 Å². The first-order chi connectivity index (χ1) is 9.63. The van der Waals surface area contributed by atoms with Gasteiger partial charge in [-0.2, -0.15) is 0 Å². The van der Waals surface area contributed by atoms with Crippen molar-refractivity contribution in [2.24, 2.45) is 5.92 Å². The number of nitro benzene ring substituents is 1. The van der Waals surface area contributed by atoms with Gasteiger partial charge < -0.3 is 10.6 Å². The minimum absolute atomic E-state index is 0.0321. The molecule has 0 atom stereocenters. The second-order valence-electron chi connectivity index (χ2n) is 5.49. The lowest BCUT2D eigenvalue weighted by atomic mass is 10.0. The van der Waals surface area contributed by atoms with Gasteiger partial charge in [-0.05, 0) is 30.4 Å². The molecule has 1 aliphatic carbocycles. The van der Waals surface area contributed by atoms with E-state index in [2.05, 4.69) is 10.6 Å². The Kier molecular flexibility index (Phi) is 3.30. The molecule has 1 aromatic carbocycles. The van der Waals surface area contributed by atoms with Crippen molar-refractivity contribution in [3.8, 4) is 0 Å². The quantitative estimate of drug-likeness (QED) is 0.639. The standard InChI is InChI=1S/C14H17N3O3/c18-14-4-3-10-7-13(17(19)20)12(8-11(10)16-14)15-6-5-9-1-2-9/h7-9,15H,1-6H2,(H,16,18). The van der Waals surface area contributed by atoms with Crippen LogP contribution >= 0.6 is 0 Å². The van der Waals surface area contributed by atoms with Crippen LogP contribution in [-0.2, 0) is 11.2 Å². The number of amides is 1. The summed E-state index contributed by atoms with van der Waals surface area (Å²) in [5.74, 6) is 0.745. The number of nitrogens with zero attached hydrogens (tertiary/aromatic N) is 1. The number of hydrogen-bond acceptors (Lipinski definition) is 4. The van der Waals surface area contributed by atoms with Crippen LogP contribution in [0.5, 0.6) is 0 Å². The number of rotatable bonds is 5. The summed E-state index contributed by atoms with van der Waals surface area (Å²) in [4.78, 5) is 22.2. The van der Waals surface area contributed by atoms with Crippen LogP contribution < -0.4 is 10.6 Å². The van der Waals surface area contributed by atoms with Crippen molar-refractivity contribution in [3.05, 3.63) is 27.8 Å². The Bertz CT molecular complexity index is 567. The third kappa shape index (κ3) is 2.74. The second-order valence-corrected chi connectivity index (χ2v) is 5.49. The van der Waals surface area contributed by atoms with Gasteiger partial charge in [0.2, 0.25) is 5.91 Å². The van der Waals surface area contributed by atoms with Crippen LogP contribution in [0.15, 0.2) is 12.1 Å². The molecular weight excluding hydrogens is 258 g/mol. The lowest BCUT2D eigenvalue weighted by Crippen LogP contribution is -2.19. The van der Waals surface area contributed by atoms with Gasteiger partial charge in [0.25, 0.3) is 5.69 Å². The molecule has 0 unspecified atom stereocenters. The Morgan fingerprint density at radius 2 is 2.15 bits per heavy atom. The van der Waals surface area contributed by atoms with Crippen LogP contribution in [-0.4, -0.2) is 17.4 Å². The molecule has 20 heavy (non-hydrogen) atoms. The fourth-order valence-corrected chi connectivity index (χ4v) is 2.53. The largest absolute Gasteiger partial charge is 0.379 e. The van der Waals surface area contributed by atoms with Gasteiger partial charge in [-0.25, -0.2) is 0 Å². The summed E-state index contributed by atoms with van der Waals surface area (Å²) in [6, 6.07) is 3.27. The first-order valence-corrected chi connectivity index (χ1v) is 6.98. The van der Waals surface area contributed by atoms with Crippen molar-refractivity contribution in [2.45, 2.75) is 32.1 Å². The minimum Gasteiger partial charge on any atom is -0.379 e. The lowest BCUT2D eigenvalue weighted by Gasteiger charge is -2.18. The highest BCUT2D eigenvalue weighted by Crippen LogP contribution is 2.35. The first kappa shape index (κ1) is 12.9. The number of fused-ring (bicyclic) bond motifs is 1. The topological polar surface area (TPSA) is 84.3 Å². The van der Waals surface area contributed by atoms with Gasteiger partial charge >= 0.3 is 0 Å². The van der Waals surface area contributed by atoms with Gasteiger partial charge in [-0.3, -0.25) is 14.9 Å². The molecule has 1 fully saturated rings. The molecule has 3 rings (SSSR count). The summed E-state index contributed by atoms with van der Waals surface area (Å²) in [6.45, 7) is 0.734. The van der Waals surface area contributed by atoms with Crippen molar-refractivity contribution >= 4 is 23.0 Å². The molecule has 6 nitrogen and oxygen atoms in total. The van der Waals surface area contributed by atoms with Crippen LogP contribution in [0, 0.1) is 16.0 Å². The van der Waals surface area contributed by atoms with Crippen LogP contribution in [0.3, 0.4) is 0 Å². The van der Waals surface area contributed by atoms with E-state index in [4.69, 9.17) is 0 Å². The van der Waals surface area contributed by atoms with Crippen LogP contribution in [0.4, 0.5) is 17.1 Å². The number of carbonyl (C=O) groups excluding carboxylic acids is 1. The average molecular weight is 275 g/mol. The van der Waals surface area contributed by atoms with E-state index in [1.165, 1.54) is 12.8 Å². The van der Waals surface area contributed by atoms with Gasteiger partial charge in [0.15, 0.2) is 0 Å². The van der Waals surface area contributed by atoms with Gasteiger partial charge in [-0.1, -0.05) is 12.8 Å². The van der Waals surface area contributed by atoms with Crippen LogP contribution in [0.2, 0.25) is 0 Å². The zero-order chi connectivity index (χ0) is 14.1. The van der Waals surface area contributed by atoms with E-state index >= 15 is 0 Å². The van der Waals surface area contributed by atoms with E-state index in [0.29, 0.717) is 24.2 Å². The van der Waals surface area contributed by atoms with Gasteiger partial charge in [0, 0.05) is 24.7 Å². The predicted molar refractivity (Wildman–Crippen MR) is 75.9 cm³/mol. The summed E-state index contributed by atoms with van der Waals surface area (Å²) in [7, 11) is 0. The Morgan fingerprint density at radius 1 is 1.35 bits per heavy atom. The number of nitrogens with one attached hydrogen (secondary N) is 2. The third-order valence-corrected chi connectivity index (χ3v) is 3.88. The van der Waals surface area contributed by atoms with E-state index in [1.54, 1.807) is 12.1 Å². The normalized spacial score (nSPS) is 17.3. The van der Waals surface area contributed by atoms with Crippen molar-refractivity contribution < 1.29 is 9.72 Å². The number of hydrogen-bond donors (Lipinski definition) is 2. The molecule has 1 aromatic rings. The van der Waals surface area contributed by atoms with Gasteiger partial charge in [0.05, 0.1) is 4.92 Å². The Balaban J connectivity index is 1.82. The predicted octanol–water partition coefficient (Wildman–Crippen LogP) is 2.69. The molecule has 0 aromatic heterocycles. The summed E-state index contributed by atoms with van der Waals surface area (Å²) < 4.78 is 0. The summed E-state index contributed by atoms with van der Waals surface area (Å²) >= 11 is 0. The third-order valence-electron chi connectivity index (χ3n) is 3.88. The van der Waals surface area contributed by atoms with E-state index < -0.39 is 0 Å². The SMILES string of the molecule is O=C1CCc2cc([N+](=O)[O-])c(NCCC3CC3)cc2N1.